The van der Waals surface area contributed by atoms with Crippen LogP contribution in [0.5, 0.6) is 5.75 Å². The summed E-state index contributed by atoms with van der Waals surface area (Å²) >= 11 is 6.01. The average Bonchev–Trinajstić information content (AvgIpc) is 2.66. The standard InChI is InChI=1S/C16H22ClNO3/c1-11(21-15-10-6-5-7-12(15)17)16(20)18-13-8-3-2-4-9-14(13)19/h5-7,10-11,13-14,19H,2-4,8-9H2,1H3,(H,18,20). The number of benzene rings is 1. The Labute approximate surface area is 130 Å². The van der Waals surface area contributed by atoms with Gasteiger partial charge in [0.2, 0.25) is 0 Å². The molecule has 2 rings (SSSR count). The van der Waals surface area contributed by atoms with Crippen LogP contribution in [0.2, 0.25) is 5.02 Å². The van der Waals surface area contributed by atoms with E-state index in [-0.39, 0.29) is 11.9 Å². The Kier molecular flexibility index (Phi) is 5.88. The number of nitrogens with one attached hydrogen (secondary N) is 1. The van der Waals surface area contributed by atoms with Crippen molar-refractivity contribution < 1.29 is 14.6 Å². The SMILES string of the molecule is CC(Oc1ccccc1Cl)C(=O)NC1CCCCCC1O. The smallest absolute Gasteiger partial charge is 0.261 e. The van der Waals surface area contributed by atoms with Crippen molar-refractivity contribution in [3.8, 4) is 5.75 Å². The molecule has 116 valence electrons. The lowest BCUT2D eigenvalue weighted by Crippen LogP contribution is -2.47. The van der Waals surface area contributed by atoms with E-state index in [0.29, 0.717) is 10.8 Å². The Hall–Kier alpha value is -1.26. The monoisotopic (exact) mass is 311 g/mol. The molecule has 0 aromatic heterocycles. The number of para-hydroxylation sites is 1. The fourth-order valence-electron chi connectivity index (χ4n) is 2.54. The van der Waals surface area contributed by atoms with E-state index in [1.54, 1.807) is 25.1 Å². The van der Waals surface area contributed by atoms with Crippen molar-refractivity contribution in [3.05, 3.63) is 29.3 Å². The second kappa shape index (κ2) is 7.66. The van der Waals surface area contributed by atoms with Gasteiger partial charge in [0, 0.05) is 0 Å². The van der Waals surface area contributed by atoms with Gasteiger partial charge in [0.1, 0.15) is 5.75 Å². The molecule has 0 aliphatic heterocycles. The van der Waals surface area contributed by atoms with E-state index in [9.17, 15) is 9.90 Å². The Morgan fingerprint density at radius 3 is 2.81 bits per heavy atom. The summed E-state index contributed by atoms with van der Waals surface area (Å²) in [5.41, 5.74) is 0. The van der Waals surface area contributed by atoms with Crippen molar-refractivity contribution in [1.29, 1.82) is 0 Å². The summed E-state index contributed by atoms with van der Waals surface area (Å²) in [5, 5.41) is 13.4. The predicted octanol–water partition coefficient (Wildman–Crippen LogP) is 2.92. The minimum Gasteiger partial charge on any atom is -0.479 e. The second-order valence-electron chi connectivity index (χ2n) is 5.51. The van der Waals surface area contributed by atoms with Crippen LogP contribution in [0.25, 0.3) is 0 Å². The quantitative estimate of drug-likeness (QED) is 0.841. The second-order valence-corrected chi connectivity index (χ2v) is 5.92. The van der Waals surface area contributed by atoms with Crippen LogP contribution in [0, 0.1) is 0 Å². The molecule has 2 N–H and O–H groups in total. The zero-order valence-corrected chi connectivity index (χ0v) is 13.0. The van der Waals surface area contributed by atoms with E-state index >= 15 is 0 Å². The van der Waals surface area contributed by atoms with Crippen LogP contribution in [0.15, 0.2) is 24.3 Å². The van der Waals surface area contributed by atoms with Crippen molar-refractivity contribution in [2.45, 2.75) is 57.3 Å². The maximum Gasteiger partial charge on any atom is 0.261 e. The number of hydrogen-bond donors (Lipinski definition) is 2. The summed E-state index contributed by atoms with van der Waals surface area (Å²) in [6.45, 7) is 1.68. The number of aliphatic hydroxyl groups excluding tert-OH is 1. The van der Waals surface area contributed by atoms with Gasteiger partial charge in [-0.3, -0.25) is 4.79 Å². The fraction of sp³-hybridized carbons (Fsp3) is 0.562. The first kappa shape index (κ1) is 16.1. The zero-order chi connectivity index (χ0) is 15.2. The highest BCUT2D eigenvalue weighted by atomic mass is 35.5. The molecule has 0 bridgehead atoms. The number of ether oxygens (including phenoxy) is 1. The highest BCUT2D eigenvalue weighted by Crippen LogP contribution is 2.24. The molecule has 1 amide bonds. The molecule has 1 aliphatic carbocycles. The van der Waals surface area contributed by atoms with Crippen LogP contribution in [0.3, 0.4) is 0 Å². The lowest BCUT2D eigenvalue weighted by molar-refractivity contribution is -0.128. The average molecular weight is 312 g/mol. The number of rotatable bonds is 4. The van der Waals surface area contributed by atoms with Gasteiger partial charge in [0.15, 0.2) is 6.10 Å². The van der Waals surface area contributed by atoms with Gasteiger partial charge in [-0.15, -0.1) is 0 Å². The van der Waals surface area contributed by atoms with E-state index in [1.165, 1.54) is 0 Å². The van der Waals surface area contributed by atoms with Gasteiger partial charge in [-0.05, 0) is 31.9 Å². The molecule has 1 aromatic carbocycles. The maximum absolute atomic E-state index is 12.2. The predicted molar refractivity (Wildman–Crippen MR) is 82.6 cm³/mol. The lowest BCUT2D eigenvalue weighted by atomic mass is 10.1. The number of amides is 1. The van der Waals surface area contributed by atoms with Gasteiger partial charge < -0.3 is 15.2 Å². The number of aliphatic hydroxyl groups is 1. The molecule has 1 saturated carbocycles. The molecule has 5 heteroatoms. The first-order valence-electron chi connectivity index (χ1n) is 7.47. The number of carbonyl (C=O) groups is 1. The van der Waals surface area contributed by atoms with Crippen molar-refractivity contribution in [2.75, 3.05) is 0 Å². The van der Waals surface area contributed by atoms with Gasteiger partial charge in [-0.1, -0.05) is 43.0 Å². The highest BCUT2D eigenvalue weighted by molar-refractivity contribution is 6.32. The van der Waals surface area contributed by atoms with Gasteiger partial charge in [0.05, 0.1) is 17.2 Å². The van der Waals surface area contributed by atoms with Crippen LogP contribution in [-0.2, 0) is 4.79 Å². The Morgan fingerprint density at radius 2 is 2.05 bits per heavy atom. The molecule has 4 nitrogen and oxygen atoms in total. The summed E-state index contributed by atoms with van der Waals surface area (Å²) in [4.78, 5) is 12.2. The number of halogens is 1. The van der Waals surface area contributed by atoms with Crippen LogP contribution in [-0.4, -0.2) is 29.3 Å². The topological polar surface area (TPSA) is 58.6 Å². The molecule has 1 aromatic rings. The summed E-state index contributed by atoms with van der Waals surface area (Å²) in [5.74, 6) is 0.268. The van der Waals surface area contributed by atoms with E-state index in [4.69, 9.17) is 16.3 Å². The molecule has 3 unspecified atom stereocenters. The Bertz CT molecular complexity index is 480. The van der Waals surface area contributed by atoms with Crippen LogP contribution >= 0.6 is 11.6 Å². The third-order valence-electron chi connectivity index (χ3n) is 3.82. The number of hydrogen-bond acceptors (Lipinski definition) is 3. The Balaban J connectivity index is 1.91. The number of carbonyl (C=O) groups excluding carboxylic acids is 1. The molecule has 0 heterocycles. The largest absolute Gasteiger partial charge is 0.479 e. The first-order chi connectivity index (χ1) is 10.1. The lowest BCUT2D eigenvalue weighted by Gasteiger charge is -2.24. The molecule has 0 saturated heterocycles. The molecule has 3 atom stereocenters. The Morgan fingerprint density at radius 1 is 1.33 bits per heavy atom. The van der Waals surface area contributed by atoms with E-state index in [0.717, 1.165) is 32.1 Å². The molecular weight excluding hydrogens is 290 g/mol. The van der Waals surface area contributed by atoms with Crippen LogP contribution < -0.4 is 10.1 Å². The minimum atomic E-state index is -0.652. The molecule has 1 fully saturated rings. The fourth-order valence-corrected chi connectivity index (χ4v) is 2.72. The molecule has 1 aliphatic rings. The normalized spacial score (nSPS) is 24.0. The van der Waals surface area contributed by atoms with E-state index in [2.05, 4.69) is 5.32 Å². The van der Waals surface area contributed by atoms with Gasteiger partial charge >= 0.3 is 0 Å². The van der Waals surface area contributed by atoms with Crippen molar-refractivity contribution in [1.82, 2.24) is 5.32 Å². The zero-order valence-electron chi connectivity index (χ0n) is 12.2. The van der Waals surface area contributed by atoms with Crippen molar-refractivity contribution in [3.63, 3.8) is 0 Å². The van der Waals surface area contributed by atoms with Gasteiger partial charge in [-0.25, -0.2) is 0 Å². The summed E-state index contributed by atoms with van der Waals surface area (Å²) in [6, 6.07) is 6.88. The molecule has 0 radical (unpaired) electrons. The summed E-state index contributed by atoms with van der Waals surface area (Å²) < 4.78 is 5.59. The van der Waals surface area contributed by atoms with Gasteiger partial charge in [-0.2, -0.15) is 0 Å². The third-order valence-corrected chi connectivity index (χ3v) is 4.13. The summed E-state index contributed by atoms with van der Waals surface area (Å²) in [6.07, 6.45) is 3.58. The van der Waals surface area contributed by atoms with E-state index in [1.807, 2.05) is 6.07 Å². The first-order valence-corrected chi connectivity index (χ1v) is 7.85. The van der Waals surface area contributed by atoms with Crippen LogP contribution in [0.1, 0.15) is 39.0 Å². The summed E-state index contributed by atoms with van der Waals surface area (Å²) in [7, 11) is 0. The van der Waals surface area contributed by atoms with Crippen molar-refractivity contribution >= 4 is 17.5 Å². The molecule has 0 spiro atoms. The minimum absolute atomic E-state index is 0.183. The maximum atomic E-state index is 12.2. The highest BCUT2D eigenvalue weighted by Gasteiger charge is 2.26. The van der Waals surface area contributed by atoms with E-state index < -0.39 is 12.2 Å². The molecular formula is C16H22ClNO3. The van der Waals surface area contributed by atoms with Crippen LogP contribution in [0.4, 0.5) is 0 Å². The van der Waals surface area contributed by atoms with Crippen molar-refractivity contribution in [2.24, 2.45) is 0 Å². The molecule has 21 heavy (non-hydrogen) atoms. The third kappa shape index (κ3) is 4.61. The van der Waals surface area contributed by atoms with Gasteiger partial charge in [0.25, 0.3) is 5.91 Å².